The van der Waals surface area contributed by atoms with Crippen LogP contribution in [-0.2, 0) is 17.8 Å². The summed E-state index contributed by atoms with van der Waals surface area (Å²) in [5, 5.41) is 0. The van der Waals surface area contributed by atoms with Crippen molar-refractivity contribution in [1.82, 2.24) is 4.90 Å². The van der Waals surface area contributed by atoms with Gasteiger partial charge in [0.1, 0.15) is 5.75 Å². The van der Waals surface area contributed by atoms with E-state index in [1.54, 1.807) is 14.2 Å². The molecule has 0 aliphatic carbocycles. The first-order valence-corrected chi connectivity index (χ1v) is 6.71. The number of methoxy groups -OCH3 is 2. The van der Waals surface area contributed by atoms with E-state index in [0.29, 0.717) is 12.6 Å². The molecule has 0 atom stereocenters. The first-order valence-electron chi connectivity index (χ1n) is 6.71. The van der Waals surface area contributed by atoms with Crippen molar-refractivity contribution >= 4 is 0 Å². The average Bonchev–Trinajstić information content (AvgIpc) is 2.42. The van der Waals surface area contributed by atoms with Crippen molar-refractivity contribution in [2.24, 2.45) is 5.73 Å². The number of hydrogen-bond donors (Lipinski definition) is 1. The van der Waals surface area contributed by atoms with Crippen molar-refractivity contribution in [3.63, 3.8) is 0 Å². The lowest BCUT2D eigenvalue weighted by atomic mass is 10.1. The van der Waals surface area contributed by atoms with E-state index in [4.69, 9.17) is 15.2 Å². The first kappa shape index (κ1) is 16.0. The smallest absolute Gasteiger partial charge is 0.123 e. The Balaban J connectivity index is 2.78. The number of benzene rings is 1. The van der Waals surface area contributed by atoms with Gasteiger partial charge < -0.3 is 15.2 Å². The van der Waals surface area contributed by atoms with Crippen molar-refractivity contribution in [3.8, 4) is 5.75 Å². The Morgan fingerprint density at radius 3 is 2.53 bits per heavy atom. The normalized spacial score (nSPS) is 11.3. The van der Waals surface area contributed by atoms with E-state index in [-0.39, 0.29) is 0 Å². The monoisotopic (exact) mass is 266 g/mol. The highest BCUT2D eigenvalue weighted by atomic mass is 16.5. The second kappa shape index (κ2) is 8.15. The SMILES string of the molecule is COCCN(Cc1ccc(OC)c(CN)c1)C(C)C. The van der Waals surface area contributed by atoms with Gasteiger partial charge in [0.2, 0.25) is 0 Å². The molecule has 1 rings (SSSR count). The van der Waals surface area contributed by atoms with E-state index in [1.807, 2.05) is 6.07 Å². The molecule has 0 radical (unpaired) electrons. The summed E-state index contributed by atoms with van der Waals surface area (Å²) in [7, 11) is 3.41. The minimum Gasteiger partial charge on any atom is -0.496 e. The lowest BCUT2D eigenvalue weighted by molar-refractivity contribution is 0.125. The van der Waals surface area contributed by atoms with E-state index >= 15 is 0 Å². The van der Waals surface area contributed by atoms with Crippen LogP contribution in [0, 0.1) is 0 Å². The maximum Gasteiger partial charge on any atom is 0.123 e. The van der Waals surface area contributed by atoms with Gasteiger partial charge in [-0.2, -0.15) is 0 Å². The zero-order valence-electron chi connectivity index (χ0n) is 12.5. The number of rotatable bonds is 8. The maximum atomic E-state index is 5.75. The molecule has 1 aromatic rings. The minimum atomic E-state index is 0.485. The van der Waals surface area contributed by atoms with Crippen molar-refractivity contribution < 1.29 is 9.47 Å². The van der Waals surface area contributed by atoms with Gasteiger partial charge in [0.15, 0.2) is 0 Å². The van der Waals surface area contributed by atoms with Crippen molar-refractivity contribution in [2.75, 3.05) is 27.4 Å². The second-order valence-corrected chi connectivity index (χ2v) is 4.91. The lowest BCUT2D eigenvalue weighted by Crippen LogP contribution is -2.33. The highest BCUT2D eigenvalue weighted by molar-refractivity contribution is 5.37. The molecule has 0 saturated heterocycles. The van der Waals surface area contributed by atoms with Crippen LogP contribution < -0.4 is 10.5 Å². The lowest BCUT2D eigenvalue weighted by Gasteiger charge is -2.26. The summed E-state index contributed by atoms with van der Waals surface area (Å²) in [5.41, 5.74) is 8.06. The third-order valence-electron chi connectivity index (χ3n) is 3.26. The average molecular weight is 266 g/mol. The molecule has 4 heteroatoms. The van der Waals surface area contributed by atoms with Crippen molar-refractivity contribution in [2.45, 2.75) is 33.0 Å². The Morgan fingerprint density at radius 2 is 2.00 bits per heavy atom. The van der Waals surface area contributed by atoms with Gasteiger partial charge >= 0.3 is 0 Å². The largest absolute Gasteiger partial charge is 0.496 e. The fraction of sp³-hybridized carbons (Fsp3) is 0.600. The summed E-state index contributed by atoms with van der Waals surface area (Å²) in [4.78, 5) is 2.38. The van der Waals surface area contributed by atoms with Crippen LogP contribution in [0.15, 0.2) is 18.2 Å². The van der Waals surface area contributed by atoms with Crippen LogP contribution in [0.25, 0.3) is 0 Å². The second-order valence-electron chi connectivity index (χ2n) is 4.91. The number of hydrogen-bond acceptors (Lipinski definition) is 4. The molecule has 0 amide bonds. The van der Waals surface area contributed by atoms with Crippen LogP contribution >= 0.6 is 0 Å². The van der Waals surface area contributed by atoms with Gasteiger partial charge in [-0.15, -0.1) is 0 Å². The summed E-state index contributed by atoms with van der Waals surface area (Å²) in [6.07, 6.45) is 0. The third-order valence-corrected chi connectivity index (χ3v) is 3.26. The van der Waals surface area contributed by atoms with Crippen LogP contribution in [-0.4, -0.2) is 38.3 Å². The Bertz CT molecular complexity index is 380. The molecule has 0 saturated carbocycles. The summed E-state index contributed by atoms with van der Waals surface area (Å²) >= 11 is 0. The fourth-order valence-corrected chi connectivity index (χ4v) is 2.05. The third kappa shape index (κ3) is 4.82. The molecule has 0 heterocycles. The highest BCUT2D eigenvalue weighted by Crippen LogP contribution is 2.20. The van der Waals surface area contributed by atoms with Crippen LogP contribution in [0.1, 0.15) is 25.0 Å². The van der Waals surface area contributed by atoms with Gasteiger partial charge in [-0.25, -0.2) is 0 Å². The standard InChI is InChI=1S/C15H26N2O2/c1-12(2)17(7-8-18-3)11-13-5-6-15(19-4)14(9-13)10-16/h5-6,9,12H,7-8,10-11,16H2,1-4H3. The first-order chi connectivity index (χ1) is 9.12. The zero-order chi connectivity index (χ0) is 14.3. The van der Waals surface area contributed by atoms with E-state index in [1.165, 1.54) is 5.56 Å². The molecule has 0 spiro atoms. The predicted molar refractivity (Wildman–Crippen MR) is 78.3 cm³/mol. The van der Waals surface area contributed by atoms with Crippen LogP contribution in [0.2, 0.25) is 0 Å². The molecule has 0 unspecified atom stereocenters. The molecule has 4 nitrogen and oxygen atoms in total. The van der Waals surface area contributed by atoms with Gasteiger partial charge in [-0.1, -0.05) is 6.07 Å². The molecule has 1 aromatic carbocycles. The fourth-order valence-electron chi connectivity index (χ4n) is 2.05. The van der Waals surface area contributed by atoms with Crippen LogP contribution in [0.5, 0.6) is 5.75 Å². The van der Waals surface area contributed by atoms with E-state index in [0.717, 1.165) is 31.0 Å². The summed E-state index contributed by atoms with van der Waals surface area (Å²) < 4.78 is 10.5. The van der Waals surface area contributed by atoms with E-state index in [9.17, 15) is 0 Å². The van der Waals surface area contributed by atoms with Gasteiger partial charge in [0, 0.05) is 38.3 Å². The predicted octanol–water partition coefficient (Wildman–Crippen LogP) is 2.01. The van der Waals surface area contributed by atoms with Gasteiger partial charge in [0.05, 0.1) is 13.7 Å². The molecular formula is C15H26N2O2. The van der Waals surface area contributed by atoms with Gasteiger partial charge in [0.25, 0.3) is 0 Å². The van der Waals surface area contributed by atoms with E-state index < -0.39 is 0 Å². The zero-order valence-corrected chi connectivity index (χ0v) is 12.5. The topological polar surface area (TPSA) is 47.7 Å². The Hall–Kier alpha value is -1.10. The van der Waals surface area contributed by atoms with Crippen LogP contribution in [0.3, 0.4) is 0 Å². The molecule has 2 N–H and O–H groups in total. The highest BCUT2D eigenvalue weighted by Gasteiger charge is 2.11. The van der Waals surface area contributed by atoms with Crippen LogP contribution in [0.4, 0.5) is 0 Å². The Morgan fingerprint density at radius 1 is 1.26 bits per heavy atom. The molecule has 0 fully saturated rings. The molecular weight excluding hydrogens is 240 g/mol. The Kier molecular flexibility index (Phi) is 6.84. The molecule has 0 aromatic heterocycles. The van der Waals surface area contributed by atoms with Gasteiger partial charge in [-0.3, -0.25) is 4.90 Å². The molecule has 0 bridgehead atoms. The minimum absolute atomic E-state index is 0.485. The molecule has 0 aliphatic rings. The quantitative estimate of drug-likeness (QED) is 0.782. The van der Waals surface area contributed by atoms with E-state index in [2.05, 4.69) is 30.9 Å². The summed E-state index contributed by atoms with van der Waals surface area (Å²) in [5.74, 6) is 0.860. The van der Waals surface area contributed by atoms with Gasteiger partial charge in [-0.05, 0) is 31.5 Å². The summed E-state index contributed by atoms with van der Waals surface area (Å²) in [6, 6.07) is 6.70. The molecule has 108 valence electrons. The van der Waals surface area contributed by atoms with Crippen molar-refractivity contribution in [3.05, 3.63) is 29.3 Å². The Labute approximate surface area is 116 Å². The number of nitrogens with zero attached hydrogens (tertiary/aromatic N) is 1. The molecule has 0 aliphatic heterocycles. The summed E-state index contributed by atoms with van der Waals surface area (Å²) in [6.45, 7) is 7.47. The number of ether oxygens (including phenoxy) is 2. The maximum absolute atomic E-state index is 5.75. The number of nitrogens with two attached hydrogens (primary N) is 1. The molecule has 19 heavy (non-hydrogen) atoms. The van der Waals surface area contributed by atoms with Crippen molar-refractivity contribution in [1.29, 1.82) is 0 Å².